The van der Waals surface area contributed by atoms with E-state index in [2.05, 4.69) is 41.5 Å². The Balaban J connectivity index is 1.74. The summed E-state index contributed by atoms with van der Waals surface area (Å²) in [4.78, 5) is 13.2. The molecule has 0 aromatic heterocycles. The first-order valence-electron chi connectivity index (χ1n) is 7.87. The number of likely N-dealkylation sites (N-methyl/N-ethyl adjacent to an activating group) is 1. The molecule has 0 unspecified atom stereocenters. The van der Waals surface area contributed by atoms with Crippen LogP contribution < -0.4 is 5.32 Å². The fraction of sp³-hybridized carbons (Fsp3) is 0.333. The van der Waals surface area contributed by atoms with Crippen LogP contribution in [0.25, 0.3) is 0 Å². The monoisotopic (exact) mass is 311 g/mol. The van der Waals surface area contributed by atoms with Crippen molar-refractivity contribution in [1.29, 1.82) is 0 Å². The van der Waals surface area contributed by atoms with E-state index >= 15 is 0 Å². The Morgan fingerprint density at radius 1 is 1.17 bits per heavy atom. The summed E-state index contributed by atoms with van der Waals surface area (Å²) in [6, 6.07) is 18.0. The van der Waals surface area contributed by atoms with E-state index in [1.165, 1.54) is 5.56 Å². The zero-order valence-corrected chi connectivity index (χ0v) is 13.2. The molecule has 2 aromatic carbocycles. The summed E-state index contributed by atoms with van der Waals surface area (Å²) in [7, 11) is 2.13. The molecule has 2 atom stereocenters. The van der Waals surface area contributed by atoms with Crippen molar-refractivity contribution in [2.75, 3.05) is 13.6 Å². The number of rotatable bonds is 5. The van der Waals surface area contributed by atoms with Gasteiger partial charge in [-0.15, -0.1) is 0 Å². The lowest BCUT2D eigenvalue weighted by Crippen LogP contribution is -2.34. The Labute approximate surface area is 136 Å². The van der Waals surface area contributed by atoms with Crippen molar-refractivity contribution in [3.63, 3.8) is 0 Å². The summed E-state index contributed by atoms with van der Waals surface area (Å²) in [6.45, 7) is 1.53. The topological polar surface area (TPSA) is 58.4 Å². The van der Waals surface area contributed by atoms with Crippen LogP contribution in [0.1, 0.15) is 23.6 Å². The highest BCUT2D eigenvalue weighted by molar-refractivity contribution is 5.39. The molecule has 0 radical (unpaired) electrons. The van der Waals surface area contributed by atoms with Crippen LogP contribution in [0.2, 0.25) is 0 Å². The second-order valence-corrected chi connectivity index (χ2v) is 6.00. The molecule has 1 fully saturated rings. The number of nitro benzene ring substituents is 1. The minimum absolute atomic E-state index is 0.183. The molecule has 0 saturated carbocycles. The second-order valence-electron chi connectivity index (χ2n) is 6.00. The number of hydrogen-bond acceptors (Lipinski definition) is 4. The molecule has 1 N–H and O–H groups in total. The van der Waals surface area contributed by atoms with Gasteiger partial charge in [0.1, 0.15) is 0 Å². The van der Waals surface area contributed by atoms with Gasteiger partial charge in [0, 0.05) is 36.8 Å². The van der Waals surface area contributed by atoms with E-state index in [1.54, 1.807) is 12.1 Å². The maximum Gasteiger partial charge on any atom is 0.273 e. The standard InChI is InChI=1S/C18H21N3O2/c1-20-12-11-16(18(20)14-7-3-2-4-8-14)19-13-15-9-5-6-10-17(15)21(22)23/h2-10,16,18-19H,11-13H2,1H3/t16-,18-/m1/s1. The zero-order valence-electron chi connectivity index (χ0n) is 13.2. The first-order chi connectivity index (χ1) is 11.2. The Kier molecular flexibility index (Phi) is 4.69. The molecule has 2 aromatic rings. The number of likely N-dealkylation sites (tertiary alicyclic amines) is 1. The van der Waals surface area contributed by atoms with E-state index in [0.717, 1.165) is 18.5 Å². The van der Waals surface area contributed by atoms with E-state index in [4.69, 9.17) is 0 Å². The van der Waals surface area contributed by atoms with Crippen molar-refractivity contribution in [3.8, 4) is 0 Å². The molecule has 3 rings (SSSR count). The average molecular weight is 311 g/mol. The van der Waals surface area contributed by atoms with Gasteiger partial charge >= 0.3 is 0 Å². The van der Waals surface area contributed by atoms with E-state index in [-0.39, 0.29) is 10.6 Å². The van der Waals surface area contributed by atoms with Crippen molar-refractivity contribution in [1.82, 2.24) is 10.2 Å². The van der Waals surface area contributed by atoms with Crippen molar-refractivity contribution >= 4 is 5.69 Å². The highest BCUT2D eigenvalue weighted by Gasteiger charge is 2.32. The quantitative estimate of drug-likeness (QED) is 0.681. The fourth-order valence-corrected chi connectivity index (χ4v) is 3.38. The van der Waals surface area contributed by atoms with Crippen LogP contribution >= 0.6 is 0 Å². The first kappa shape index (κ1) is 15.6. The summed E-state index contributed by atoms with van der Waals surface area (Å²) in [5.74, 6) is 0. The summed E-state index contributed by atoms with van der Waals surface area (Å²) >= 11 is 0. The van der Waals surface area contributed by atoms with Crippen LogP contribution in [0.15, 0.2) is 54.6 Å². The largest absolute Gasteiger partial charge is 0.308 e. The van der Waals surface area contributed by atoms with E-state index in [1.807, 2.05) is 18.2 Å². The van der Waals surface area contributed by atoms with Crippen LogP contribution in [-0.2, 0) is 6.54 Å². The summed E-state index contributed by atoms with van der Waals surface area (Å²) in [5.41, 5.74) is 2.20. The van der Waals surface area contributed by atoms with Gasteiger partial charge in [-0.3, -0.25) is 15.0 Å². The van der Waals surface area contributed by atoms with Gasteiger partial charge in [-0.25, -0.2) is 0 Å². The molecular weight excluding hydrogens is 290 g/mol. The van der Waals surface area contributed by atoms with Crippen LogP contribution in [0.4, 0.5) is 5.69 Å². The molecule has 0 aliphatic carbocycles. The lowest BCUT2D eigenvalue weighted by Gasteiger charge is -2.26. The van der Waals surface area contributed by atoms with Crippen LogP contribution in [0.5, 0.6) is 0 Å². The summed E-state index contributed by atoms with van der Waals surface area (Å²) in [5, 5.41) is 14.7. The number of hydrogen-bond donors (Lipinski definition) is 1. The Morgan fingerprint density at radius 3 is 2.61 bits per heavy atom. The molecule has 1 aliphatic rings. The van der Waals surface area contributed by atoms with Gasteiger partial charge in [-0.05, 0) is 19.0 Å². The van der Waals surface area contributed by atoms with E-state index in [9.17, 15) is 10.1 Å². The zero-order chi connectivity index (χ0) is 16.2. The lowest BCUT2D eigenvalue weighted by molar-refractivity contribution is -0.385. The maximum absolute atomic E-state index is 11.1. The molecule has 0 spiro atoms. The van der Waals surface area contributed by atoms with E-state index < -0.39 is 0 Å². The predicted molar refractivity (Wildman–Crippen MR) is 90.2 cm³/mol. The number of nitrogens with one attached hydrogen (secondary N) is 1. The van der Waals surface area contributed by atoms with Crippen molar-refractivity contribution < 1.29 is 4.92 Å². The number of para-hydroxylation sites is 1. The number of nitrogens with zero attached hydrogens (tertiary/aromatic N) is 2. The second kappa shape index (κ2) is 6.89. The van der Waals surface area contributed by atoms with Gasteiger partial charge in [-0.2, -0.15) is 0 Å². The van der Waals surface area contributed by atoms with Gasteiger partial charge in [-0.1, -0.05) is 48.5 Å². The Morgan fingerprint density at radius 2 is 1.87 bits per heavy atom. The highest BCUT2D eigenvalue weighted by atomic mass is 16.6. The van der Waals surface area contributed by atoms with Gasteiger partial charge in [0.25, 0.3) is 5.69 Å². The van der Waals surface area contributed by atoms with Gasteiger partial charge in [0.05, 0.1) is 4.92 Å². The number of nitro groups is 1. The molecule has 120 valence electrons. The molecule has 1 heterocycles. The lowest BCUT2D eigenvalue weighted by atomic mass is 10.00. The van der Waals surface area contributed by atoms with Gasteiger partial charge < -0.3 is 5.32 Å². The Bertz CT molecular complexity index is 675. The van der Waals surface area contributed by atoms with Crippen LogP contribution in [0.3, 0.4) is 0 Å². The fourth-order valence-electron chi connectivity index (χ4n) is 3.38. The summed E-state index contributed by atoms with van der Waals surface area (Å²) in [6.07, 6.45) is 1.04. The molecule has 0 bridgehead atoms. The molecule has 0 amide bonds. The molecule has 5 nitrogen and oxygen atoms in total. The maximum atomic E-state index is 11.1. The molecule has 1 saturated heterocycles. The molecular formula is C18H21N3O2. The molecule has 23 heavy (non-hydrogen) atoms. The third kappa shape index (κ3) is 3.41. The minimum atomic E-state index is -0.313. The predicted octanol–water partition coefficient (Wildman–Crippen LogP) is 3.13. The van der Waals surface area contributed by atoms with Crippen LogP contribution in [-0.4, -0.2) is 29.5 Å². The highest BCUT2D eigenvalue weighted by Crippen LogP contribution is 2.31. The SMILES string of the molecule is CN1CC[C@@H](NCc2ccccc2[N+](=O)[O-])[C@H]1c1ccccc1. The normalized spacial score (nSPS) is 21.4. The third-order valence-corrected chi connectivity index (χ3v) is 4.53. The van der Waals surface area contributed by atoms with Crippen molar-refractivity contribution in [2.24, 2.45) is 0 Å². The van der Waals surface area contributed by atoms with E-state index in [0.29, 0.717) is 18.6 Å². The first-order valence-corrected chi connectivity index (χ1v) is 7.87. The Hall–Kier alpha value is -2.24. The summed E-state index contributed by atoms with van der Waals surface area (Å²) < 4.78 is 0. The number of benzene rings is 2. The van der Waals surface area contributed by atoms with Crippen molar-refractivity contribution in [3.05, 3.63) is 75.8 Å². The van der Waals surface area contributed by atoms with Crippen LogP contribution in [0, 0.1) is 10.1 Å². The minimum Gasteiger partial charge on any atom is -0.308 e. The molecule has 5 heteroatoms. The van der Waals surface area contributed by atoms with Gasteiger partial charge in [0.15, 0.2) is 0 Å². The average Bonchev–Trinajstić information content (AvgIpc) is 2.94. The molecule has 1 aliphatic heterocycles. The third-order valence-electron chi connectivity index (χ3n) is 4.53. The van der Waals surface area contributed by atoms with Gasteiger partial charge in [0.2, 0.25) is 0 Å². The van der Waals surface area contributed by atoms with Crippen molar-refractivity contribution in [2.45, 2.75) is 25.0 Å². The smallest absolute Gasteiger partial charge is 0.273 e.